The summed E-state index contributed by atoms with van der Waals surface area (Å²) in [6.07, 6.45) is 12.7. The quantitative estimate of drug-likeness (QED) is 0.857. The molecule has 1 amide bonds. The van der Waals surface area contributed by atoms with Crippen molar-refractivity contribution in [1.82, 2.24) is 20.1 Å². The highest BCUT2D eigenvalue weighted by atomic mass is 16.5. The van der Waals surface area contributed by atoms with Crippen LogP contribution in [-0.4, -0.2) is 34.3 Å². The summed E-state index contributed by atoms with van der Waals surface area (Å²) in [5.74, 6) is 0.374. The summed E-state index contributed by atoms with van der Waals surface area (Å²) >= 11 is 0. The number of hydrogen-bond donors (Lipinski definition) is 1. The summed E-state index contributed by atoms with van der Waals surface area (Å²) in [4.78, 5) is 16.8. The number of hydrogen-bond acceptors (Lipinski definition) is 4. The molecule has 1 aliphatic carbocycles. The van der Waals surface area contributed by atoms with E-state index >= 15 is 0 Å². The molecule has 0 aliphatic heterocycles. The predicted molar refractivity (Wildman–Crippen MR) is 93.2 cm³/mol. The highest BCUT2D eigenvalue weighted by molar-refractivity contribution is 6.01. The third-order valence-corrected chi connectivity index (χ3v) is 4.53. The molecule has 0 atom stereocenters. The van der Waals surface area contributed by atoms with E-state index in [1.54, 1.807) is 24.2 Å². The van der Waals surface area contributed by atoms with Gasteiger partial charge < -0.3 is 10.1 Å². The second kappa shape index (κ2) is 7.47. The van der Waals surface area contributed by atoms with Crippen molar-refractivity contribution in [3.8, 4) is 5.75 Å². The minimum Gasteiger partial charge on any atom is -0.495 e. The first-order valence-electron chi connectivity index (χ1n) is 8.51. The number of aromatic nitrogens is 3. The van der Waals surface area contributed by atoms with Gasteiger partial charge >= 0.3 is 0 Å². The van der Waals surface area contributed by atoms with E-state index in [4.69, 9.17) is 4.74 Å². The zero-order valence-electron chi connectivity index (χ0n) is 14.3. The second-order valence-electron chi connectivity index (χ2n) is 6.18. The largest absolute Gasteiger partial charge is 0.495 e. The lowest BCUT2D eigenvalue weighted by Crippen LogP contribution is -2.25. The zero-order chi connectivity index (χ0) is 16.9. The Kier molecular flexibility index (Phi) is 5.13. The van der Waals surface area contributed by atoms with Crippen molar-refractivity contribution in [2.45, 2.75) is 38.5 Å². The number of nitrogens with one attached hydrogen (secondary N) is 1. The van der Waals surface area contributed by atoms with Gasteiger partial charge in [-0.2, -0.15) is 5.10 Å². The number of carbonyl (C=O) groups is 1. The number of ether oxygens (including phenoxy) is 1. The minimum absolute atomic E-state index is 0.153. The first kappa shape index (κ1) is 16.5. The summed E-state index contributed by atoms with van der Waals surface area (Å²) in [5.41, 5.74) is 2.61. The molecule has 0 unspecified atom stereocenters. The van der Waals surface area contributed by atoms with Gasteiger partial charge in [0.05, 0.1) is 18.7 Å². The molecule has 2 aromatic heterocycles. The van der Waals surface area contributed by atoms with E-state index in [2.05, 4.69) is 21.5 Å². The Labute approximate surface area is 141 Å². The molecule has 0 aromatic carbocycles. The van der Waals surface area contributed by atoms with Crippen LogP contribution in [0.4, 0.5) is 0 Å². The molecule has 128 valence electrons. The predicted octanol–water partition coefficient (Wildman–Crippen LogP) is 2.99. The molecule has 2 heterocycles. The monoisotopic (exact) mass is 328 g/mol. The molecule has 24 heavy (non-hydrogen) atoms. The maximum absolute atomic E-state index is 12.5. The number of allylic oxidation sites excluding steroid dienone is 1. The van der Waals surface area contributed by atoms with Crippen LogP contribution in [0, 0.1) is 0 Å². The van der Waals surface area contributed by atoms with Crippen LogP contribution in [0.15, 0.2) is 24.0 Å². The average molecular weight is 328 g/mol. The van der Waals surface area contributed by atoms with Crippen molar-refractivity contribution >= 4 is 16.9 Å². The van der Waals surface area contributed by atoms with Gasteiger partial charge in [-0.1, -0.05) is 18.1 Å². The van der Waals surface area contributed by atoms with E-state index in [1.807, 2.05) is 7.05 Å². The fourth-order valence-electron chi connectivity index (χ4n) is 3.20. The van der Waals surface area contributed by atoms with Gasteiger partial charge in [-0.15, -0.1) is 0 Å². The van der Waals surface area contributed by atoms with Crippen LogP contribution in [0.3, 0.4) is 0 Å². The van der Waals surface area contributed by atoms with Crippen molar-refractivity contribution in [2.24, 2.45) is 7.05 Å². The third-order valence-electron chi connectivity index (χ3n) is 4.53. The van der Waals surface area contributed by atoms with E-state index in [-0.39, 0.29) is 5.91 Å². The molecule has 0 bridgehead atoms. The van der Waals surface area contributed by atoms with Crippen LogP contribution in [0.5, 0.6) is 5.75 Å². The van der Waals surface area contributed by atoms with E-state index in [1.165, 1.54) is 31.3 Å². The Morgan fingerprint density at radius 1 is 1.33 bits per heavy atom. The smallest absolute Gasteiger partial charge is 0.256 e. The fourth-order valence-corrected chi connectivity index (χ4v) is 3.20. The Bertz CT molecular complexity index is 764. The molecular weight excluding hydrogens is 304 g/mol. The van der Waals surface area contributed by atoms with Gasteiger partial charge in [0.25, 0.3) is 5.91 Å². The zero-order valence-corrected chi connectivity index (χ0v) is 14.3. The average Bonchev–Trinajstić information content (AvgIpc) is 2.81. The molecule has 0 fully saturated rings. The van der Waals surface area contributed by atoms with Gasteiger partial charge in [0.15, 0.2) is 5.65 Å². The molecule has 2 aromatic rings. The van der Waals surface area contributed by atoms with Gasteiger partial charge in [0, 0.05) is 19.8 Å². The van der Waals surface area contributed by atoms with Crippen LogP contribution in [0.1, 0.15) is 48.9 Å². The summed E-state index contributed by atoms with van der Waals surface area (Å²) in [7, 11) is 3.38. The Morgan fingerprint density at radius 2 is 2.21 bits per heavy atom. The summed E-state index contributed by atoms with van der Waals surface area (Å²) in [5, 5.41) is 7.91. The lowest BCUT2D eigenvalue weighted by molar-refractivity contribution is 0.0951. The number of nitrogens with zero attached hydrogens (tertiary/aromatic N) is 3. The molecular formula is C18H24N4O2. The summed E-state index contributed by atoms with van der Waals surface area (Å²) < 4.78 is 7.11. The number of amides is 1. The lowest BCUT2D eigenvalue weighted by Gasteiger charge is -2.11. The normalized spacial score (nSPS) is 15.0. The lowest BCUT2D eigenvalue weighted by atomic mass is 10.1. The number of carbonyl (C=O) groups excluding carboxylic acids is 1. The summed E-state index contributed by atoms with van der Waals surface area (Å²) in [6, 6.07) is 0. The van der Waals surface area contributed by atoms with Crippen LogP contribution in [0.25, 0.3) is 11.0 Å². The van der Waals surface area contributed by atoms with Crippen molar-refractivity contribution in [3.63, 3.8) is 0 Å². The van der Waals surface area contributed by atoms with Crippen LogP contribution in [-0.2, 0) is 7.05 Å². The van der Waals surface area contributed by atoms with Crippen molar-refractivity contribution in [2.75, 3.05) is 13.7 Å². The third kappa shape index (κ3) is 3.42. The van der Waals surface area contributed by atoms with Crippen LogP contribution >= 0.6 is 0 Å². The first-order valence-corrected chi connectivity index (χ1v) is 8.51. The Balaban J connectivity index is 1.68. The molecule has 0 spiro atoms. The summed E-state index contributed by atoms with van der Waals surface area (Å²) in [6.45, 7) is 0.638. The fraction of sp³-hybridized carbons (Fsp3) is 0.500. The second-order valence-corrected chi connectivity index (χ2v) is 6.18. The topological polar surface area (TPSA) is 69.0 Å². The molecule has 6 heteroatoms. The first-order chi connectivity index (χ1) is 11.7. The molecule has 0 saturated heterocycles. The molecule has 0 radical (unpaired) electrons. The van der Waals surface area contributed by atoms with Crippen LogP contribution < -0.4 is 10.1 Å². The van der Waals surface area contributed by atoms with E-state index in [9.17, 15) is 4.79 Å². The number of fused-ring (bicyclic) bond motifs is 1. The highest BCUT2D eigenvalue weighted by Gasteiger charge is 2.18. The number of pyridine rings is 1. The van der Waals surface area contributed by atoms with Crippen molar-refractivity contribution in [1.29, 1.82) is 0 Å². The molecule has 0 saturated carbocycles. The highest BCUT2D eigenvalue weighted by Crippen LogP contribution is 2.27. The number of aryl methyl sites for hydroxylation is 1. The van der Waals surface area contributed by atoms with E-state index < -0.39 is 0 Å². The molecule has 3 rings (SSSR count). The molecule has 6 nitrogen and oxygen atoms in total. The van der Waals surface area contributed by atoms with Gasteiger partial charge in [0.1, 0.15) is 11.3 Å². The maximum Gasteiger partial charge on any atom is 0.256 e. The van der Waals surface area contributed by atoms with Gasteiger partial charge in [-0.3, -0.25) is 9.48 Å². The van der Waals surface area contributed by atoms with Gasteiger partial charge in [-0.05, 0) is 32.1 Å². The SMILES string of the molecule is COc1c(C(=O)NCCC2=CCCCCC2)cnc2c1cnn2C. The number of methoxy groups -OCH3 is 1. The minimum atomic E-state index is -0.153. The maximum atomic E-state index is 12.5. The molecule has 1 aliphatic rings. The van der Waals surface area contributed by atoms with Crippen molar-refractivity contribution < 1.29 is 9.53 Å². The Hall–Kier alpha value is -2.37. The van der Waals surface area contributed by atoms with E-state index in [0.717, 1.165) is 18.2 Å². The van der Waals surface area contributed by atoms with Gasteiger partial charge in [-0.25, -0.2) is 4.98 Å². The Morgan fingerprint density at radius 3 is 3.04 bits per heavy atom. The van der Waals surface area contributed by atoms with Crippen molar-refractivity contribution in [3.05, 3.63) is 29.6 Å². The standard InChI is InChI=1S/C18H24N4O2/c1-22-17-14(12-21-22)16(24-2)15(11-20-17)18(23)19-10-9-13-7-5-3-4-6-8-13/h7,11-12H,3-6,8-10H2,1-2H3,(H,19,23). The van der Waals surface area contributed by atoms with Crippen LogP contribution in [0.2, 0.25) is 0 Å². The number of rotatable bonds is 5. The molecule has 1 N–H and O–H groups in total. The van der Waals surface area contributed by atoms with E-state index in [0.29, 0.717) is 23.5 Å². The van der Waals surface area contributed by atoms with Gasteiger partial charge in [0.2, 0.25) is 0 Å².